The summed E-state index contributed by atoms with van der Waals surface area (Å²) in [6, 6.07) is 0.530. The maximum Gasteiger partial charge on any atom is 0.312 e. The smallest absolute Gasteiger partial charge is 0.312 e. The van der Waals surface area contributed by atoms with Gasteiger partial charge in [-0.05, 0) is 86.9 Å². The van der Waals surface area contributed by atoms with Gasteiger partial charge in [0.05, 0.1) is 18.6 Å². The van der Waals surface area contributed by atoms with E-state index in [1.54, 1.807) is 0 Å². The normalized spacial score (nSPS) is 56.1. The topological polar surface area (TPSA) is 47.6 Å². The summed E-state index contributed by atoms with van der Waals surface area (Å²) in [5, 5.41) is 0. The molecule has 4 saturated carbocycles. The Labute approximate surface area is 164 Å². The molecular weight excluding hydrogens is 338 g/mol. The zero-order valence-corrected chi connectivity index (χ0v) is 17.6. The Morgan fingerprint density at radius 3 is 2.67 bits per heavy atom. The second-order valence-electron chi connectivity index (χ2n) is 11.3. The van der Waals surface area contributed by atoms with E-state index in [4.69, 9.17) is 9.57 Å². The van der Waals surface area contributed by atoms with Crippen LogP contribution in [0.15, 0.2) is 0 Å². The van der Waals surface area contributed by atoms with Crippen molar-refractivity contribution in [2.75, 3.05) is 13.2 Å². The Morgan fingerprint density at radius 1 is 1.11 bits per heavy atom. The zero-order chi connectivity index (χ0) is 19.1. The first kappa shape index (κ1) is 18.4. The third-order valence-corrected chi connectivity index (χ3v) is 10.2. The van der Waals surface area contributed by atoms with Crippen LogP contribution in [0.5, 0.6) is 0 Å². The molecule has 1 heterocycles. The molecule has 4 nitrogen and oxygen atoms in total. The van der Waals surface area contributed by atoms with E-state index in [9.17, 15) is 4.79 Å². The van der Waals surface area contributed by atoms with Gasteiger partial charge in [0.25, 0.3) is 0 Å². The van der Waals surface area contributed by atoms with Crippen molar-refractivity contribution in [3.05, 3.63) is 0 Å². The molecule has 0 aromatic carbocycles. The van der Waals surface area contributed by atoms with Crippen LogP contribution in [0.3, 0.4) is 0 Å². The summed E-state index contributed by atoms with van der Waals surface area (Å²) in [5.74, 6) is 1.91. The first-order chi connectivity index (χ1) is 12.8. The first-order valence-corrected chi connectivity index (χ1v) is 11.3. The van der Waals surface area contributed by atoms with Crippen molar-refractivity contribution in [1.29, 1.82) is 0 Å². The summed E-state index contributed by atoms with van der Waals surface area (Å²) in [7, 11) is 0. The van der Waals surface area contributed by atoms with Gasteiger partial charge in [0.15, 0.2) is 0 Å². The van der Waals surface area contributed by atoms with Crippen molar-refractivity contribution in [2.45, 2.75) is 85.1 Å². The van der Waals surface area contributed by atoms with Crippen molar-refractivity contribution in [2.24, 2.45) is 39.4 Å². The number of nitrogens with one attached hydrogen (secondary N) is 1. The van der Waals surface area contributed by atoms with Gasteiger partial charge in [0.2, 0.25) is 0 Å². The van der Waals surface area contributed by atoms with Crippen LogP contribution in [0.4, 0.5) is 0 Å². The van der Waals surface area contributed by atoms with Crippen LogP contribution in [0.25, 0.3) is 0 Å². The van der Waals surface area contributed by atoms with E-state index < -0.39 is 0 Å². The summed E-state index contributed by atoms with van der Waals surface area (Å²) in [5.41, 5.74) is 4.19. The number of hydrogen-bond donors (Lipinski definition) is 1. The molecule has 5 rings (SSSR count). The molecule has 4 aliphatic carbocycles. The van der Waals surface area contributed by atoms with Crippen LogP contribution in [0.1, 0.15) is 79.1 Å². The van der Waals surface area contributed by atoms with E-state index in [-0.39, 0.29) is 16.8 Å². The number of fused-ring (bicyclic) bond motifs is 5. The lowest BCUT2D eigenvalue weighted by molar-refractivity contribution is -0.193. The van der Waals surface area contributed by atoms with Crippen molar-refractivity contribution in [3.63, 3.8) is 0 Å². The molecule has 1 N–H and O–H groups in total. The van der Waals surface area contributed by atoms with Crippen LogP contribution >= 0.6 is 0 Å². The van der Waals surface area contributed by atoms with Crippen molar-refractivity contribution in [3.8, 4) is 0 Å². The maximum absolute atomic E-state index is 13.0. The van der Waals surface area contributed by atoms with Gasteiger partial charge < -0.3 is 9.57 Å². The van der Waals surface area contributed by atoms with Crippen molar-refractivity contribution in [1.82, 2.24) is 5.48 Å². The SMILES string of the molecule is CCOC(=O)[C@]1(C)CCC[C@@]2(C)[C@@H]3CC[C@@]4(C)C[C@]3(CC[C@@H]21)[C@@H]1CON[C@@H]14. The highest BCUT2D eigenvalue weighted by atomic mass is 16.7. The largest absolute Gasteiger partial charge is 0.466 e. The molecule has 4 heteroatoms. The standard InChI is InChI=1S/C23H37NO3/c1-5-26-19(25)22(4)10-6-9-21(3)16(22)8-12-23-14-20(2,11-7-17(21)23)18-15(23)13-27-24-18/h15-18,24H,5-14H2,1-4H3/t15-,16+,17+,18+,20+,21-,22-,23-/m1/s1. The second-order valence-corrected chi connectivity index (χ2v) is 11.3. The summed E-state index contributed by atoms with van der Waals surface area (Å²) < 4.78 is 5.59. The van der Waals surface area contributed by atoms with Crippen LogP contribution in [-0.4, -0.2) is 25.2 Å². The molecule has 0 aromatic rings. The monoisotopic (exact) mass is 375 g/mol. The molecule has 5 aliphatic rings. The molecule has 1 aliphatic heterocycles. The molecule has 2 bridgehead atoms. The number of carbonyl (C=O) groups is 1. The van der Waals surface area contributed by atoms with Gasteiger partial charge in [-0.25, -0.2) is 0 Å². The van der Waals surface area contributed by atoms with E-state index in [1.807, 2.05) is 6.92 Å². The maximum atomic E-state index is 13.0. The number of rotatable bonds is 2. The number of hydroxylamine groups is 1. The van der Waals surface area contributed by atoms with Gasteiger partial charge in [0.1, 0.15) is 0 Å². The highest BCUT2D eigenvalue weighted by Gasteiger charge is 2.72. The average molecular weight is 376 g/mol. The van der Waals surface area contributed by atoms with Gasteiger partial charge in [-0.15, -0.1) is 0 Å². The minimum absolute atomic E-state index is 0.0627. The van der Waals surface area contributed by atoms with Crippen LogP contribution < -0.4 is 5.48 Å². The van der Waals surface area contributed by atoms with Crippen LogP contribution in [-0.2, 0) is 14.4 Å². The fourth-order valence-corrected chi connectivity index (χ4v) is 9.28. The molecule has 1 spiro atoms. The Balaban J connectivity index is 1.54. The number of carbonyl (C=O) groups excluding carboxylic acids is 1. The molecule has 0 radical (unpaired) electrons. The number of esters is 1. The molecule has 0 aromatic heterocycles. The Kier molecular flexibility index (Phi) is 3.90. The molecule has 152 valence electrons. The predicted octanol–water partition coefficient (Wildman–Crippen LogP) is 4.48. The predicted molar refractivity (Wildman–Crippen MR) is 104 cm³/mol. The van der Waals surface area contributed by atoms with Gasteiger partial charge in [-0.2, -0.15) is 5.48 Å². The third kappa shape index (κ3) is 2.15. The Bertz CT molecular complexity index is 652. The number of hydrogen-bond acceptors (Lipinski definition) is 4. The van der Waals surface area contributed by atoms with Gasteiger partial charge >= 0.3 is 5.97 Å². The van der Waals surface area contributed by atoms with E-state index in [0.717, 1.165) is 25.4 Å². The van der Waals surface area contributed by atoms with E-state index in [2.05, 4.69) is 26.3 Å². The minimum Gasteiger partial charge on any atom is -0.466 e. The van der Waals surface area contributed by atoms with E-state index in [1.165, 1.54) is 38.5 Å². The van der Waals surface area contributed by atoms with E-state index >= 15 is 0 Å². The van der Waals surface area contributed by atoms with Crippen LogP contribution in [0, 0.1) is 39.4 Å². The van der Waals surface area contributed by atoms with E-state index in [0.29, 0.717) is 35.3 Å². The van der Waals surface area contributed by atoms with Gasteiger partial charge in [0, 0.05) is 12.0 Å². The molecule has 8 atom stereocenters. The van der Waals surface area contributed by atoms with Crippen molar-refractivity contribution >= 4 is 5.97 Å². The van der Waals surface area contributed by atoms with Gasteiger partial charge in [-0.1, -0.05) is 20.3 Å². The molecule has 27 heavy (non-hydrogen) atoms. The summed E-state index contributed by atoms with van der Waals surface area (Å²) in [6.45, 7) is 10.6. The van der Waals surface area contributed by atoms with Gasteiger partial charge in [-0.3, -0.25) is 4.79 Å². The summed E-state index contributed by atoms with van der Waals surface area (Å²) in [6.07, 6.45) is 9.88. The number of ether oxygens (including phenoxy) is 1. The molecule has 1 saturated heterocycles. The average Bonchev–Trinajstić information content (AvgIpc) is 3.17. The summed E-state index contributed by atoms with van der Waals surface area (Å²) in [4.78, 5) is 18.8. The van der Waals surface area contributed by atoms with Crippen LogP contribution in [0.2, 0.25) is 0 Å². The molecule has 0 amide bonds. The minimum atomic E-state index is -0.298. The summed E-state index contributed by atoms with van der Waals surface area (Å²) >= 11 is 0. The highest BCUT2D eigenvalue weighted by molar-refractivity contribution is 5.77. The lowest BCUT2D eigenvalue weighted by Gasteiger charge is -2.65. The first-order valence-electron chi connectivity index (χ1n) is 11.3. The Hall–Kier alpha value is -0.610. The lowest BCUT2D eigenvalue weighted by Crippen LogP contribution is -2.60. The Morgan fingerprint density at radius 2 is 1.89 bits per heavy atom. The molecule has 5 fully saturated rings. The van der Waals surface area contributed by atoms with Crippen molar-refractivity contribution < 1.29 is 14.4 Å². The third-order valence-electron chi connectivity index (χ3n) is 10.2. The quantitative estimate of drug-likeness (QED) is 0.723. The fourth-order valence-electron chi connectivity index (χ4n) is 9.28. The zero-order valence-electron chi connectivity index (χ0n) is 17.6. The molecular formula is C23H37NO3. The molecule has 0 unspecified atom stereocenters. The fraction of sp³-hybridized carbons (Fsp3) is 0.957. The lowest BCUT2D eigenvalue weighted by atomic mass is 9.39. The highest BCUT2D eigenvalue weighted by Crippen LogP contribution is 2.75. The second kappa shape index (κ2) is 5.72.